The second kappa shape index (κ2) is 6.47. The van der Waals surface area contributed by atoms with Gasteiger partial charge in [0.25, 0.3) is 0 Å². The summed E-state index contributed by atoms with van der Waals surface area (Å²) in [6.45, 7) is -1.27. The number of hydrogen-bond donors (Lipinski definition) is 2. The molecule has 0 amide bonds. The van der Waals surface area contributed by atoms with Crippen LogP contribution in [0.25, 0.3) is 0 Å². The van der Waals surface area contributed by atoms with Crippen molar-refractivity contribution in [2.24, 2.45) is 0 Å². The summed E-state index contributed by atoms with van der Waals surface area (Å²) in [4.78, 5) is 6.72. The largest absolute Gasteiger partial charge is 0.423 e. The Morgan fingerprint density at radius 1 is 0.960 bits per heavy atom. The Morgan fingerprint density at radius 2 is 1.52 bits per heavy atom. The number of aliphatic hydroxyl groups is 1. The fraction of sp³-hybridized carbons (Fsp3) is 0.286. The first-order valence-electron chi connectivity index (χ1n) is 6.62. The molecule has 2 N–H and O–H groups in total. The molecule has 1 aromatic heterocycles. The highest BCUT2D eigenvalue weighted by Gasteiger charge is 2.55. The smallest absolute Gasteiger partial charge is 0.375 e. The average Bonchev–Trinajstić information content (AvgIpc) is 2.52. The van der Waals surface area contributed by atoms with Gasteiger partial charge in [0.15, 0.2) is 5.82 Å². The van der Waals surface area contributed by atoms with Crippen LogP contribution in [0, 0.1) is 5.82 Å². The highest BCUT2D eigenvalue weighted by molar-refractivity contribution is 5.34. The second-order valence-corrected chi connectivity index (χ2v) is 5.02. The van der Waals surface area contributed by atoms with Gasteiger partial charge in [0.1, 0.15) is 0 Å². The van der Waals surface area contributed by atoms with Gasteiger partial charge in [0.2, 0.25) is 11.5 Å². The zero-order valence-corrected chi connectivity index (χ0v) is 12.2. The maximum absolute atomic E-state index is 13.3. The summed E-state index contributed by atoms with van der Waals surface area (Å²) in [6.07, 6.45) is -8.83. The number of aromatic nitrogens is 2. The summed E-state index contributed by atoms with van der Waals surface area (Å²) < 4.78 is 90.7. The van der Waals surface area contributed by atoms with Crippen LogP contribution in [0.15, 0.2) is 36.7 Å². The van der Waals surface area contributed by atoms with Crippen LogP contribution in [0.5, 0.6) is 0 Å². The Bertz CT molecular complexity index is 730. The van der Waals surface area contributed by atoms with Crippen molar-refractivity contribution in [3.63, 3.8) is 0 Å². The summed E-state index contributed by atoms with van der Waals surface area (Å²) in [6, 6.07) is 2.26. The molecular weight excluding hydrogens is 359 g/mol. The van der Waals surface area contributed by atoms with E-state index in [1.54, 1.807) is 0 Å². The molecule has 0 radical (unpaired) electrons. The molecule has 0 spiro atoms. The van der Waals surface area contributed by atoms with Crippen molar-refractivity contribution in [3.8, 4) is 0 Å². The third-order valence-corrected chi connectivity index (χ3v) is 3.26. The number of hydrogen-bond acceptors (Lipinski definition) is 4. The number of benzene rings is 1. The summed E-state index contributed by atoms with van der Waals surface area (Å²) in [5.41, 5.74) is -6.00. The summed E-state index contributed by atoms with van der Waals surface area (Å²) in [5, 5.41) is 12.1. The van der Waals surface area contributed by atoms with Crippen LogP contribution in [-0.4, -0.2) is 27.8 Å². The SMILES string of the molecule is OC(CNc1ncc(F)cn1)(c1cccc(C(F)(F)F)c1)C(F)(F)F. The summed E-state index contributed by atoms with van der Waals surface area (Å²) >= 11 is 0. The topological polar surface area (TPSA) is 58.0 Å². The Labute approximate surface area is 136 Å². The first-order chi connectivity index (χ1) is 11.4. The standard InChI is InChI=1S/C14H10F7N3O/c15-10-5-22-11(23-6-10)24-7-12(25,14(19,20)21)8-2-1-3-9(4-8)13(16,17)18/h1-6,25H,7H2,(H,22,23,24). The molecule has 0 aliphatic rings. The van der Waals surface area contributed by atoms with Crippen molar-refractivity contribution in [2.75, 3.05) is 11.9 Å². The van der Waals surface area contributed by atoms with Gasteiger partial charge in [-0.05, 0) is 17.7 Å². The number of nitrogens with zero attached hydrogens (tertiary/aromatic N) is 2. The average molecular weight is 369 g/mol. The van der Waals surface area contributed by atoms with E-state index < -0.39 is 47.4 Å². The van der Waals surface area contributed by atoms with Gasteiger partial charge in [-0.3, -0.25) is 0 Å². The third-order valence-electron chi connectivity index (χ3n) is 3.26. The molecule has 136 valence electrons. The molecule has 25 heavy (non-hydrogen) atoms. The quantitative estimate of drug-likeness (QED) is 0.810. The lowest BCUT2D eigenvalue weighted by Gasteiger charge is -2.31. The van der Waals surface area contributed by atoms with Gasteiger partial charge < -0.3 is 10.4 Å². The molecule has 11 heteroatoms. The fourth-order valence-corrected chi connectivity index (χ4v) is 1.93. The Balaban J connectivity index is 2.36. The lowest BCUT2D eigenvalue weighted by Crippen LogP contribution is -2.48. The van der Waals surface area contributed by atoms with Gasteiger partial charge in [-0.1, -0.05) is 12.1 Å². The van der Waals surface area contributed by atoms with Crippen LogP contribution >= 0.6 is 0 Å². The fourth-order valence-electron chi connectivity index (χ4n) is 1.93. The monoisotopic (exact) mass is 369 g/mol. The van der Waals surface area contributed by atoms with Gasteiger partial charge >= 0.3 is 12.4 Å². The summed E-state index contributed by atoms with van der Waals surface area (Å²) in [5.74, 6) is -1.27. The van der Waals surface area contributed by atoms with E-state index in [9.17, 15) is 35.8 Å². The first kappa shape index (κ1) is 18.9. The van der Waals surface area contributed by atoms with Crippen molar-refractivity contribution < 1.29 is 35.8 Å². The van der Waals surface area contributed by atoms with Gasteiger partial charge in [0, 0.05) is 0 Å². The molecular formula is C14H10F7N3O. The minimum Gasteiger partial charge on any atom is -0.375 e. The van der Waals surface area contributed by atoms with Gasteiger partial charge in [-0.25, -0.2) is 14.4 Å². The molecule has 0 bridgehead atoms. The predicted octanol–water partition coefficient (Wildman–Crippen LogP) is 3.50. The van der Waals surface area contributed by atoms with E-state index in [1.165, 1.54) is 0 Å². The van der Waals surface area contributed by atoms with Gasteiger partial charge in [0.05, 0.1) is 24.5 Å². The van der Waals surface area contributed by atoms with Crippen molar-refractivity contribution in [1.29, 1.82) is 0 Å². The molecule has 0 saturated heterocycles. The molecule has 0 saturated carbocycles. The predicted molar refractivity (Wildman–Crippen MR) is 71.9 cm³/mol. The van der Waals surface area contributed by atoms with E-state index in [1.807, 2.05) is 5.32 Å². The van der Waals surface area contributed by atoms with Crippen LogP contribution in [0.1, 0.15) is 11.1 Å². The van der Waals surface area contributed by atoms with E-state index in [0.717, 1.165) is 12.1 Å². The van der Waals surface area contributed by atoms with Crippen LogP contribution in [0.2, 0.25) is 0 Å². The van der Waals surface area contributed by atoms with E-state index in [0.29, 0.717) is 18.5 Å². The highest BCUT2D eigenvalue weighted by Crippen LogP contribution is 2.41. The van der Waals surface area contributed by atoms with Crippen molar-refractivity contribution >= 4 is 5.95 Å². The third kappa shape index (κ3) is 4.16. The second-order valence-electron chi connectivity index (χ2n) is 5.02. The van der Waals surface area contributed by atoms with E-state index in [2.05, 4.69) is 9.97 Å². The number of nitrogens with one attached hydrogen (secondary N) is 1. The van der Waals surface area contributed by atoms with Crippen LogP contribution in [0.4, 0.5) is 36.7 Å². The normalized spacial score (nSPS) is 14.9. The molecule has 2 aromatic rings. The Hall–Kier alpha value is -2.43. The van der Waals surface area contributed by atoms with Gasteiger partial charge in [-0.2, -0.15) is 26.3 Å². The minimum atomic E-state index is -5.30. The molecule has 1 heterocycles. The molecule has 0 aliphatic carbocycles. The molecule has 4 nitrogen and oxygen atoms in total. The molecule has 1 atom stereocenters. The zero-order valence-electron chi connectivity index (χ0n) is 12.2. The maximum atomic E-state index is 13.3. The number of rotatable bonds is 4. The van der Waals surface area contributed by atoms with E-state index in [-0.39, 0.29) is 6.07 Å². The van der Waals surface area contributed by atoms with E-state index >= 15 is 0 Å². The molecule has 1 unspecified atom stereocenters. The lowest BCUT2D eigenvalue weighted by atomic mass is 9.91. The number of anilines is 1. The molecule has 0 aliphatic heterocycles. The van der Waals surface area contributed by atoms with Crippen LogP contribution in [0.3, 0.4) is 0 Å². The Morgan fingerprint density at radius 3 is 2.04 bits per heavy atom. The molecule has 2 rings (SSSR count). The molecule has 0 fully saturated rings. The maximum Gasteiger partial charge on any atom is 0.423 e. The van der Waals surface area contributed by atoms with Gasteiger partial charge in [-0.15, -0.1) is 0 Å². The van der Waals surface area contributed by atoms with E-state index in [4.69, 9.17) is 0 Å². The van der Waals surface area contributed by atoms with Crippen LogP contribution < -0.4 is 5.32 Å². The molecule has 1 aromatic carbocycles. The lowest BCUT2D eigenvalue weighted by molar-refractivity contribution is -0.260. The number of halogens is 7. The van der Waals surface area contributed by atoms with Crippen molar-refractivity contribution in [3.05, 3.63) is 53.6 Å². The number of alkyl halides is 6. The summed E-state index contributed by atoms with van der Waals surface area (Å²) in [7, 11) is 0. The highest BCUT2D eigenvalue weighted by atomic mass is 19.4. The van der Waals surface area contributed by atoms with Crippen LogP contribution in [-0.2, 0) is 11.8 Å². The van der Waals surface area contributed by atoms with Crippen molar-refractivity contribution in [2.45, 2.75) is 18.0 Å². The minimum absolute atomic E-state index is 0.209. The zero-order chi connectivity index (χ0) is 18.9. The van der Waals surface area contributed by atoms with Crippen molar-refractivity contribution in [1.82, 2.24) is 9.97 Å². The first-order valence-corrected chi connectivity index (χ1v) is 6.62. The Kier molecular flexibility index (Phi) is 4.89.